The van der Waals surface area contributed by atoms with Gasteiger partial charge in [0.05, 0.1) is 0 Å². The Morgan fingerprint density at radius 1 is 1.28 bits per heavy atom. The van der Waals surface area contributed by atoms with Crippen molar-refractivity contribution >= 4 is 0 Å². The van der Waals surface area contributed by atoms with Crippen molar-refractivity contribution in [2.24, 2.45) is 5.92 Å². The predicted molar refractivity (Wildman–Crippen MR) is 78.9 cm³/mol. The SMILES string of the molecule is CCC(C)C1CNC(C)(CC)CN1C1CCCC1. The lowest BCUT2D eigenvalue weighted by Crippen LogP contribution is -2.65. The van der Waals surface area contributed by atoms with Crippen LogP contribution in [0.2, 0.25) is 0 Å². The molecule has 0 radical (unpaired) electrons. The third-order valence-electron chi connectivity index (χ3n) is 5.57. The lowest BCUT2D eigenvalue weighted by molar-refractivity contribution is 0.0220. The first-order chi connectivity index (χ1) is 8.59. The van der Waals surface area contributed by atoms with E-state index in [1.165, 1.54) is 51.6 Å². The van der Waals surface area contributed by atoms with Crippen LogP contribution >= 0.6 is 0 Å². The van der Waals surface area contributed by atoms with Crippen molar-refractivity contribution in [3.8, 4) is 0 Å². The topological polar surface area (TPSA) is 15.3 Å². The standard InChI is InChI=1S/C16H32N2/c1-5-13(3)15-11-17-16(4,6-2)12-18(15)14-9-7-8-10-14/h13-15,17H,5-12H2,1-4H3. The molecule has 2 rings (SSSR count). The first-order valence-electron chi connectivity index (χ1n) is 8.10. The Hall–Kier alpha value is -0.0800. The van der Waals surface area contributed by atoms with Crippen LogP contribution in [0.1, 0.15) is 66.2 Å². The van der Waals surface area contributed by atoms with Crippen LogP contribution in [0.3, 0.4) is 0 Å². The molecule has 1 heterocycles. The highest BCUT2D eigenvalue weighted by Gasteiger charge is 2.40. The molecular weight excluding hydrogens is 220 g/mol. The highest BCUT2D eigenvalue weighted by atomic mass is 15.3. The average molecular weight is 252 g/mol. The monoisotopic (exact) mass is 252 g/mol. The van der Waals surface area contributed by atoms with Gasteiger partial charge in [-0.25, -0.2) is 0 Å². The maximum Gasteiger partial charge on any atom is 0.0278 e. The van der Waals surface area contributed by atoms with E-state index in [1.54, 1.807) is 0 Å². The summed E-state index contributed by atoms with van der Waals surface area (Å²) in [6.45, 7) is 11.9. The molecule has 106 valence electrons. The minimum atomic E-state index is 0.340. The van der Waals surface area contributed by atoms with Crippen molar-refractivity contribution in [3.05, 3.63) is 0 Å². The Balaban J connectivity index is 2.10. The summed E-state index contributed by atoms with van der Waals surface area (Å²) in [6.07, 6.45) is 8.32. The van der Waals surface area contributed by atoms with Gasteiger partial charge in [0, 0.05) is 30.7 Å². The number of nitrogens with zero attached hydrogens (tertiary/aromatic N) is 1. The molecule has 2 heteroatoms. The van der Waals surface area contributed by atoms with Crippen LogP contribution in [-0.2, 0) is 0 Å². The van der Waals surface area contributed by atoms with Gasteiger partial charge in [-0.15, -0.1) is 0 Å². The molecule has 0 aromatic rings. The third kappa shape index (κ3) is 2.91. The molecular formula is C16H32N2. The van der Waals surface area contributed by atoms with Crippen molar-refractivity contribution in [2.75, 3.05) is 13.1 Å². The summed E-state index contributed by atoms with van der Waals surface area (Å²) in [5.41, 5.74) is 0.340. The highest BCUT2D eigenvalue weighted by molar-refractivity contribution is 4.98. The van der Waals surface area contributed by atoms with E-state index >= 15 is 0 Å². The highest BCUT2D eigenvalue weighted by Crippen LogP contribution is 2.32. The van der Waals surface area contributed by atoms with Crippen LogP contribution < -0.4 is 5.32 Å². The van der Waals surface area contributed by atoms with Crippen LogP contribution in [0.25, 0.3) is 0 Å². The van der Waals surface area contributed by atoms with Crippen LogP contribution in [0.4, 0.5) is 0 Å². The molecule has 2 nitrogen and oxygen atoms in total. The van der Waals surface area contributed by atoms with E-state index in [9.17, 15) is 0 Å². The lowest BCUT2D eigenvalue weighted by Gasteiger charge is -2.50. The maximum atomic E-state index is 3.82. The molecule has 2 aliphatic rings. The number of hydrogen-bond acceptors (Lipinski definition) is 2. The lowest BCUT2D eigenvalue weighted by atomic mass is 9.87. The van der Waals surface area contributed by atoms with Gasteiger partial charge >= 0.3 is 0 Å². The Morgan fingerprint density at radius 3 is 2.50 bits per heavy atom. The van der Waals surface area contributed by atoms with Crippen molar-refractivity contribution in [2.45, 2.75) is 83.8 Å². The summed E-state index contributed by atoms with van der Waals surface area (Å²) in [5, 5.41) is 3.82. The van der Waals surface area contributed by atoms with E-state index in [0.717, 1.165) is 18.0 Å². The van der Waals surface area contributed by atoms with Crippen LogP contribution in [0, 0.1) is 5.92 Å². The first kappa shape index (κ1) is 14.3. The molecule has 18 heavy (non-hydrogen) atoms. The minimum absolute atomic E-state index is 0.340. The summed E-state index contributed by atoms with van der Waals surface area (Å²) in [4.78, 5) is 2.88. The van der Waals surface area contributed by atoms with Crippen LogP contribution in [0.5, 0.6) is 0 Å². The largest absolute Gasteiger partial charge is 0.309 e. The summed E-state index contributed by atoms with van der Waals surface area (Å²) >= 11 is 0. The Bertz CT molecular complexity index is 260. The normalized spacial score (nSPS) is 37.0. The second-order valence-corrected chi connectivity index (χ2v) is 6.86. The molecule has 1 N–H and O–H groups in total. The summed E-state index contributed by atoms with van der Waals surface area (Å²) in [7, 11) is 0. The smallest absolute Gasteiger partial charge is 0.0278 e. The summed E-state index contributed by atoms with van der Waals surface area (Å²) in [5.74, 6) is 0.819. The van der Waals surface area contributed by atoms with Crippen molar-refractivity contribution in [1.29, 1.82) is 0 Å². The molecule has 3 unspecified atom stereocenters. The van der Waals surface area contributed by atoms with Crippen molar-refractivity contribution < 1.29 is 0 Å². The van der Waals surface area contributed by atoms with Gasteiger partial charge in [0.1, 0.15) is 0 Å². The minimum Gasteiger partial charge on any atom is -0.309 e. The maximum absolute atomic E-state index is 3.82. The van der Waals surface area contributed by atoms with Crippen LogP contribution in [0.15, 0.2) is 0 Å². The van der Waals surface area contributed by atoms with Gasteiger partial charge in [0.2, 0.25) is 0 Å². The number of hydrogen-bond donors (Lipinski definition) is 1. The van der Waals surface area contributed by atoms with Gasteiger partial charge in [-0.3, -0.25) is 4.90 Å². The third-order valence-corrected chi connectivity index (χ3v) is 5.57. The fraction of sp³-hybridized carbons (Fsp3) is 1.00. The number of nitrogens with one attached hydrogen (secondary N) is 1. The van der Waals surface area contributed by atoms with Gasteiger partial charge < -0.3 is 5.32 Å². The Kier molecular flexibility index (Phi) is 4.71. The molecule has 1 aliphatic heterocycles. The second kappa shape index (κ2) is 5.92. The molecule has 3 atom stereocenters. The van der Waals surface area contributed by atoms with E-state index in [-0.39, 0.29) is 0 Å². The molecule has 1 saturated carbocycles. The zero-order valence-electron chi connectivity index (χ0n) is 12.8. The van der Waals surface area contributed by atoms with Gasteiger partial charge in [-0.05, 0) is 32.1 Å². The van der Waals surface area contributed by atoms with E-state index in [1.807, 2.05) is 0 Å². The number of rotatable bonds is 4. The Labute approximate surface area is 114 Å². The molecule has 0 aromatic carbocycles. The van der Waals surface area contributed by atoms with Crippen molar-refractivity contribution in [3.63, 3.8) is 0 Å². The molecule has 1 saturated heterocycles. The second-order valence-electron chi connectivity index (χ2n) is 6.86. The zero-order chi connectivity index (χ0) is 13.2. The fourth-order valence-corrected chi connectivity index (χ4v) is 3.72. The van der Waals surface area contributed by atoms with E-state index in [0.29, 0.717) is 5.54 Å². The first-order valence-corrected chi connectivity index (χ1v) is 8.10. The zero-order valence-corrected chi connectivity index (χ0v) is 12.8. The average Bonchev–Trinajstić information content (AvgIpc) is 2.91. The predicted octanol–water partition coefficient (Wildman–Crippen LogP) is 3.42. The quantitative estimate of drug-likeness (QED) is 0.825. The molecule has 0 amide bonds. The molecule has 0 bridgehead atoms. The molecule has 2 fully saturated rings. The van der Waals surface area contributed by atoms with Crippen LogP contribution in [-0.4, -0.2) is 35.6 Å². The Morgan fingerprint density at radius 2 is 1.94 bits per heavy atom. The summed E-state index contributed by atoms with van der Waals surface area (Å²) in [6, 6.07) is 1.63. The van der Waals surface area contributed by atoms with Crippen molar-refractivity contribution in [1.82, 2.24) is 10.2 Å². The van der Waals surface area contributed by atoms with Gasteiger partial charge in [0.25, 0.3) is 0 Å². The number of piperazine rings is 1. The van der Waals surface area contributed by atoms with Gasteiger partial charge in [-0.2, -0.15) is 0 Å². The summed E-state index contributed by atoms with van der Waals surface area (Å²) < 4.78 is 0. The molecule has 0 spiro atoms. The van der Waals surface area contributed by atoms with Gasteiger partial charge in [-0.1, -0.05) is 40.0 Å². The molecule has 0 aromatic heterocycles. The van der Waals surface area contributed by atoms with Gasteiger partial charge in [0.15, 0.2) is 0 Å². The molecule has 1 aliphatic carbocycles. The van der Waals surface area contributed by atoms with E-state index in [4.69, 9.17) is 0 Å². The fourth-order valence-electron chi connectivity index (χ4n) is 3.72. The van der Waals surface area contributed by atoms with E-state index < -0.39 is 0 Å². The van der Waals surface area contributed by atoms with E-state index in [2.05, 4.69) is 37.9 Å².